The molecule has 146 valence electrons. The summed E-state index contributed by atoms with van der Waals surface area (Å²) in [5.41, 5.74) is 0.562. The topological polar surface area (TPSA) is 121 Å². The molecule has 3 heterocycles. The molecule has 3 N–H and O–H groups in total. The second kappa shape index (κ2) is 8.42. The van der Waals surface area contributed by atoms with Gasteiger partial charge in [-0.1, -0.05) is 11.6 Å². The van der Waals surface area contributed by atoms with E-state index in [0.29, 0.717) is 38.3 Å². The molecule has 2 atom stereocenters. The van der Waals surface area contributed by atoms with Crippen molar-refractivity contribution >= 4 is 16.1 Å². The minimum absolute atomic E-state index is 0.00960. The quantitative estimate of drug-likeness (QED) is 0.561. The fourth-order valence-corrected chi connectivity index (χ4v) is 4.60. The maximum absolute atomic E-state index is 12.3. The van der Waals surface area contributed by atoms with E-state index in [-0.39, 0.29) is 24.5 Å². The minimum Gasteiger partial charge on any atom is -0.355 e. The predicted octanol–water partition coefficient (Wildman–Crippen LogP) is -0.862. The zero-order valence-electron chi connectivity index (χ0n) is 15.0. The number of piperidine rings is 1. The molecule has 0 bridgehead atoms. The van der Waals surface area contributed by atoms with Gasteiger partial charge in [-0.15, -0.1) is 5.10 Å². The Kier molecular flexibility index (Phi) is 6.22. The monoisotopic (exact) mass is 385 g/mol. The van der Waals surface area contributed by atoms with Crippen LogP contribution in [0.3, 0.4) is 0 Å². The van der Waals surface area contributed by atoms with Gasteiger partial charge >= 0.3 is 0 Å². The van der Waals surface area contributed by atoms with E-state index >= 15 is 0 Å². The van der Waals surface area contributed by atoms with Crippen LogP contribution in [-0.4, -0.2) is 65.8 Å². The third-order valence-corrected chi connectivity index (χ3v) is 6.35. The third-order valence-electron chi connectivity index (χ3n) is 4.80. The number of nitrogens with one attached hydrogen (secondary N) is 3. The number of rotatable bonds is 7. The molecule has 2 saturated heterocycles. The highest BCUT2D eigenvalue weighted by atomic mass is 32.2. The highest BCUT2D eigenvalue weighted by Crippen LogP contribution is 2.19. The summed E-state index contributed by atoms with van der Waals surface area (Å²) in [5.74, 6) is -0.00960. The van der Waals surface area contributed by atoms with Crippen LogP contribution in [0.1, 0.15) is 44.3 Å². The number of hydrogen-bond acceptors (Lipinski definition) is 6. The summed E-state index contributed by atoms with van der Waals surface area (Å²) in [4.78, 5) is 11.9. The largest absolute Gasteiger partial charge is 0.355 e. The minimum atomic E-state index is -3.48. The number of carbonyl (C=O) groups is 1. The van der Waals surface area contributed by atoms with Gasteiger partial charge in [0.25, 0.3) is 10.2 Å². The molecule has 3 rings (SSSR count). The van der Waals surface area contributed by atoms with Gasteiger partial charge in [-0.25, -0.2) is 4.68 Å². The second-order valence-corrected chi connectivity index (χ2v) is 8.48. The zero-order chi connectivity index (χ0) is 18.6. The van der Waals surface area contributed by atoms with E-state index in [1.165, 1.54) is 4.31 Å². The maximum Gasteiger partial charge on any atom is 0.279 e. The molecule has 26 heavy (non-hydrogen) atoms. The van der Waals surface area contributed by atoms with E-state index in [2.05, 4.69) is 25.7 Å². The van der Waals surface area contributed by atoms with Gasteiger partial charge in [0.2, 0.25) is 5.91 Å². The number of amides is 1. The van der Waals surface area contributed by atoms with Crippen LogP contribution in [0, 0.1) is 0 Å². The molecule has 1 aromatic heterocycles. The smallest absolute Gasteiger partial charge is 0.279 e. The van der Waals surface area contributed by atoms with E-state index in [1.54, 1.807) is 10.9 Å². The summed E-state index contributed by atoms with van der Waals surface area (Å²) in [6.07, 6.45) is 5.25. The standard InChI is InChI=1S/C15H27N7O3S/c1-2-16-15(23)14-8-13(10-17-14)22-11-12(19-20-22)9-18-26(24,25)21-6-4-3-5-7-21/h11,13-14,17-18H,2-10H2,1H3,(H,16,23)/t13-,14+/m1/s1. The van der Waals surface area contributed by atoms with E-state index in [4.69, 9.17) is 0 Å². The number of nitrogens with zero attached hydrogens (tertiary/aromatic N) is 4. The SMILES string of the molecule is CCNC(=O)[C@@H]1C[C@@H](n2cc(CNS(=O)(=O)N3CCCCC3)nn2)CN1. The summed E-state index contributed by atoms with van der Waals surface area (Å²) in [5, 5.41) is 14.1. The Hall–Kier alpha value is -1.56. The normalized spacial score (nSPS) is 24.7. The number of aromatic nitrogens is 3. The van der Waals surface area contributed by atoms with Gasteiger partial charge in [-0.05, 0) is 26.2 Å². The average Bonchev–Trinajstić information content (AvgIpc) is 3.30. The van der Waals surface area contributed by atoms with Crippen molar-refractivity contribution in [3.63, 3.8) is 0 Å². The molecule has 1 aromatic rings. The Bertz CT molecular complexity index is 715. The molecule has 0 aliphatic carbocycles. The summed E-state index contributed by atoms with van der Waals surface area (Å²) in [6, 6.07) is -0.201. The van der Waals surface area contributed by atoms with Crippen LogP contribution < -0.4 is 15.4 Å². The summed E-state index contributed by atoms with van der Waals surface area (Å²) in [7, 11) is -3.48. The van der Waals surface area contributed by atoms with E-state index in [1.807, 2.05) is 6.92 Å². The Balaban J connectivity index is 1.53. The first kappa shape index (κ1) is 19.2. The van der Waals surface area contributed by atoms with Crippen LogP contribution in [-0.2, 0) is 21.5 Å². The number of carbonyl (C=O) groups excluding carboxylic acids is 1. The van der Waals surface area contributed by atoms with Crippen LogP contribution in [0.15, 0.2) is 6.20 Å². The van der Waals surface area contributed by atoms with Crippen molar-refractivity contribution in [3.8, 4) is 0 Å². The summed E-state index contributed by atoms with van der Waals surface area (Å²) in [6.45, 7) is 4.36. The van der Waals surface area contributed by atoms with Gasteiger partial charge in [-0.3, -0.25) is 4.79 Å². The lowest BCUT2D eigenvalue weighted by Crippen LogP contribution is -2.43. The van der Waals surface area contributed by atoms with Crippen LogP contribution in [0.25, 0.3) is 0 Å². The maximum atomic E-state index is 12.3. The molecule has 2 aliphatic rings. The van der Waals surface area contributed by atoms with Crippen molar-refractivity contribution in [2.24, 2.45) is 0 Å². The zero-order valence-corrected chi connectivity index (χ0v) is 15.8. The molecule has 0 spiro atoms. The summed E-state index contributed by atoms with van der Waals surface area (Å²) >= 11 is 0. The molecule has 0 radical (unpaired) electrons. The fourth-order valence-electron chi connectivity index (χ4n) is 3.35. The molecule has 0 unspecified atom stereocenters. The van der Waals surface area contributed by atoms with Crippen LogP contribution >= 0.6 is 0 Å². The molecule has 11 heteroatoms. The molecular weight excluding hydrogens is 358 g/mol. The fraction of sp³-hybridized carbons (Fsp3) is 0.800. The Morgan fingerprint density at radius 2 is 2.12 bits per heavy atom. The van der Waals surface area contributed by atoms with Crippen molar-refractivity contribution in [2.45, 2.75) is 51.2 Å². The van der Waals surface area contributed by atoms with Crippen LogP contribution in [0.4, 0.5) is 0 Å². The van der Waals surface area contributed by atoms with Crippen LogP contribution in [0.2, 0.25) is 0 Å². The lowest BCUT2D eigenvalue weighted by molar-refractivity contribution is -0.122. The first-order chi connectivity index (χ1) is 12.5. The lowest BCUT2D eigenvalue weighted by Gasteiger charge is -2.25. The molecule has 0 aromatic carbocycles. The molecule has 10 nitrogen and oxygen atoms in total. The molecular formula is C15H27N7O3S. The van der Waals surface area contributed by atoms with Crippen molar-refractivity contribution in [1.29, 1.82) is 0 Å². The van der Waals surface area contributed by atoms with Gasteiger partial charge in [-0.2, -0.15) is 17.4 Å². The Morgan fingerprint density at radius 1 is 1.35 bits per heavy atom. The number of likely N-dealkylation sites (N-methyl/N-ethyl adjacent to an activating group) is 1. The molecule has 2 fully saturated rings. The van der Waals surface area contributed by atoms with Crippen molar-refractivity contribution < 1.29 is 13.2 Å². The van der Waals surface area contributed by atoms with Crippen molar-refractivity contribution in [3.05, 3.63) is 11.9 Å². The van der Waals surface area contributed by atoms with E-state index in [9.17, 15) is 13.2 Å². The molecule has 2 aliphatic heterocycles. The van der Waals surface area contributed by atoms with E-state index < -0.39 is 10.2 Å². The Morgan fingerprint density at radius 3 is 2.85 bits per heavy atom. The first-order valence-corrected chi connectivity index (χ1v) is 10.6. The second-order valence-electron chi connectivity index (χ2n) is 6.72. The van der Waals surface area contributed by atoms with Gasteiger partial charge in [0, 0.05) is 26.2 Å². The average molecular weight is 385 g/mol. The lowest BCUT2D eigenvalue weighted by atomic mass is 10.1. The van der Waals surface area contributed by atoms with E-state index in [0.717, 1.165) is 19.3 Å². The first-order valence-electron chi connectivity index (χ1n) is 9.16. The van der Waals surface area contributed by atoms with Gasteiger partial charge < -0.3 is 10.6 Å². The van der Waals surface area contributed by atoms with Gasteiger partial charge in [0.15, 0.2) is 0 Å². The van der Waals surface area contributed by atoms with Crippen molar-refractivity contribution in [1.82, 2.24) is 34.7 Å². The predicted molar refractivity (Wildman–Crippen MR) is 95.3 cm³/mol. The molecule has 0 saturated carbocycles. The molecule has 1 amide bonds. The Labute approximate surface area is 153 Å². The van der Waals surface area contributed by atoms with Crippen LogP contribution in [0.5, 0.6) is 0 Å². The van der Waals surface area contributed by atoms with Gasteiger partial charge in [0.05, 0.1) is 30.5 Å². The highest BCUT2D eigenvalue weighted by molar-refractivity contribution is 7.87. The number of hydrogen-bond donors (Lipinski definition) is 3. The van der Waals surface area contributed by atoms with Crippen molar-refractivity contribution in [2.75, 3.05) is 26.2 Å². The summed E-state index contributed by atoms with van der Waals surface area (Å²) < 4.78 is 30.4. The highest BCUT2D eigenvalue weighted by Gasteiger charge is 2.31. The van der Waals surface area contributed by atoms with Gasteiger partial charge in [0.1, 0.15) is 0 Å². The third kappa shape index (κ3) is 4.58.